The number of esters is 1. The van der Waals surface area contributed by atoms with Crippen LogP contribution in [0.2, 0.25) is 0 Å². The Kier molecular flexibility index (Phi) is 7.17. The number of benzene rings is 3. The predicted molar refractivity (Wildman–Crippen MR) is 132 cm³/mol. The van der Waals surface area contributed by atoms with E-state index in [2.05, 4.69) is 9.71 Å². The van der Waals surface area contributed by atoms with Gasteiger partial charge in [-0.2, -0.15) is 4.99 Å². The Morgan fingerprint density at radius 1 is 1.06 bits per heavy atom. The number of carbonyl (C=O) groups is 2. The molecule has 0 bridgehead atoms. The van der Waals surface area contributed by atoms with Gasteiger partial charge in [-0.1, -0.05) is 23.5 Å². The number of fused-ring (bicyclic) bond motifs is 1. The highest BCUT2D eigenvalue weighted by Gasteiger charge is 2.17. The van der Waals surface area contributed by atoms with Gasteiger partial charge in [-0.3, -0.25) is 14.3 Å². The number of nitrogens with one attached hydrogen (secondary N) is 1. The maximum Gasteiger partial charge on any atom is 0.325 e. The molecule has 186 valence electrons. The standard InChI is InChI=1S/C24H20FN3O6S2/c1-33-17-9-11-18(12-10-17)36(31,32)27-16-6-3-5-15(13-16)23(30)26-24-28(14-21(29)34-2)22-19(25)7-4-8-20(22)35-24/h3-13,27H,14H2,1-2H3. The van der Waals surface area contributed by atoms with E-state index in [1.807, 2.05) is 0 Å². The minimum atomic E-state index is -3.93. The molecule has 0 fully saturated rings. The van der Waals surface area contributed by atoms with Gasteiger partial charge in [0.25, 0.3) is 15.9 Å². The maximum atomic E-state index is 14.5. The number of rotatable bonds is 7. The largest absolute Gasteiger partial charge is 0.497 e. The van der Waals surface area contributed by atoms with Crippen LogP contribution in [0.3, 0.4) is 0 Å². The zero-order chi connectivity index (χ0) is 25.9. The summed E-state index contributed by atoms with van der Waals surface area (Å²) in [7, 11) is -1.25. The summed E-state index contributed by atoms with van der Waals surface area (Å²) in [5, 5.41) is 0. The van der Waals surface area contributed by atoms with Gasteiger partial charge in [0.2, 0.25) is 0 Å². The second-order valence-electron chi connectivity index (χ2n) is 7.41. The zero-order valence-corrected chi connectivity index (χ0v) is 20.7. The van der Waals surface area contributed by atoms with Gasteiger partial charge in [0.1, 0.15) is 18.1 Å². The Hall–Kier alpha value is -4.03. The Labute approximate surface area is 209 Å². The van der Waals surface area contributed by atoms with E-state index in [0.717, 1.165) is 11.3 Å². The van der Waals surface area contributed by atoms with Crippen molar-refractivity contribution in [2.24, 2.45) is 4.99 Å². The van der Waals surface area contributed by atoms with Crippen molar-refractivity contribution in [1.29, 1.82) is 0 Å². The van der Waals surface area contributed by atoms with Crippen LogP contribution in [0, 0.1) is 5.82 Å². The first-order valence-electron chi connectivity index (χ1n) is 10.4. The molecule has 0 saturated carbocycles. The number of amides is 1. The first-order valence-corrected chi connectivity index (χ1v) is 12.7. The predicted octanol–water partition coefficient (Wildman–Crippen LogP) is 3.57. The normalized spacial score (nSPS) is 11.9. The molecule has 1 N–H and O–H groups in total. The van der Waals surface area contributed by atoms with Crippen molar-refractivity contribution in [1.82, 2.24) is 4.57 Å². The van der Waals surface area contributed by atoms with Gasteiger partial charge < -0.3 is 14.0 Å². The fourth-order valence-electron chi connectivity index (χ4n) is 3.35. The van der Waals surface area contributed by atoms with E-state index < -0.39 is 27.7 Å². The van der Waals surface area contributed by atoms with Crippen LogP contribution in [0.15, 0.2) is 76.6 Å². The number of ether oxygens (including phenoxy) is 2. The van der Waals surface area contributed by atoms with Crippen molar-refractivity contribution < 1.29 is 31.9 Å². The number of hydrogen-bond donors (Lipinski definition) is 1. The molecule has 0 aliphatic heterocycles. The summed E-state index contributed by atoms with van der Waals surface area (Å²) < 4.78 is 53.9. The lowest BCUT2D eigenvalue weighted by Crippen LogP contribution is -2.23. The van der Waals surface area contributed by atoms with Crippen LogP contribution in [0.1, 0.15) is 10.4 Å². The number of carbonyl (C=O) groups excluding carboxylic acids is 2. The molecular weight excluding hydrogens is 509 g/mol. The van der Waals surface area contributed by atoms with E-state index in [1.54, 1.807) is 6.07 Å². The molecule has 0 aliphatic carbocycles. The van der Waals surface area contributed by atoms with Crippen LogP contribution in [-0.4, -0.2) is 39.1 Å². The van der Waals surface area contributed by atoms with Gasteiger partial charge in [0.15, 0.2) is 4.80 Å². The molecule has 4 rings (SSSR count). The fraction of sp³-hybridized carbons (Fsp3) is 0.125. The highest BCUT2D eigenvalue weighted by molar-refractivity contribution is 7.92. The van der Waals surface area contributed by atoms with Gasteiger partial charge in [-0.05, 0) is 54.6 Å². The lowest BCUT2D eigenvalue weighted by atomic mass is 10.2. The number of nitrogens with zero attached hydrogens (tertiary/aromatic N) is 2. The van der Waals surface area contributed by atoms with Gasteiger partial charge in [0, 0.05) is 11.3 Å². The van der Waals surface area contributed by atoms with Gasteiger partial charge in [0.05, 0.1) is 29.3 Å². The highest BCUT2D eigenvalue weighted by Crippen LogP contribution is 2.22. The molecule has 4 aromatic rings. The molecule has 1 amide bonds. The van der Waals surface area contributed by atoms with E-state index >= 15 is 0 Å². The minimum absolute atomic E-state index is 0.0147. The summed E-state index contributed by atoms with van der Waals surface area (Å²) in [6, 6.07) is 16.0. The fourth-order valence-corrected chi connectivity index (χ4v) is 5.44. The smallest absolute Gasteiger partial charge is 0.325 e. The molecule has 1 heterocycles. The third kappa shape index (κ3) is 5.29. The highest BCUT2D eigenvalue weighted by atomic mass is 32.2. The first kappa shape index (κ1) is 25.1. The minimum Gasteiger partial charge on any atom is -0.497 e. The molecule has 12 heteroatoms. The molecule has 9 nitrogen and oxygen atoms in total. The van der Waals surface area contributed by atoms with Gasteiger partial charge in [-0.25, -0.2) is 12.8 Å². The van der Waals surface area contributed by atoms with Crippen LogP contribution in [0.5, 0.6) is 5.75 Å². The summed E-state index contributed by atoms with van der Waals surface area (Å²) in [4.78, 5) is 29.1. The van der Waals surface area contributed by atoms with Crippen LogP contribution >= 0.6 is 11.3 Å². The number of anilines is 1. The van der Waals surface area contributed by atoms with Crippen molar-refractivity contribution in [3.8, 4) is 5.75 Å². The SMILES string of the molecule is COC(=O)Cn1c(=NC(=O)c2cccc(NS(=O)(=O)c3ccc(OC)cc3)c2)sc2cccc(F)c21. The first-order chi connectivity index (χ1) is 17.2. The monoisotopic (exact) mass is 529 g/mol. The van der Waals surface area contributed by atoms with E-state index in [-0.39, 0.29) is 33.0 Å². The van der Waals surface area contributed by atoms with Crippen molar-refractivity contribution in [3.63, 3.8) is 0 Å². The van der Waals surface area contributed by atoms with Gasteiger partial charge >= 0.3 is 5.97 Å². The van der Waals surface area contributed by atoms with Gasteiger partial charge in [-0.15, -0.1) is 0 Å². The molecule has 0 saturated heterocycles. The average Bonchev–Trinajstić information content (AvgIpc) is 3.21. The molecule has 36 heavy (non-hydrogen) atoms. The maximum absolute atomic E-state index is 14.5. The topological polar surface area (TPSA) is 116 Å². The molecular formula is C24H20FN3O6S2. The molecule has 3 aromatic carbocycles. The van der Waals surface area contributed by atoms with E-state index in [4.69, 9.17) is 9.47 Å². The van der Waals surface area contributed by atoms with E-state index in [0.29, 0.717) is 10.4 Å². The Morgan fingerprint density at radius 3 is 2.47 bits per heavy atom. The van der Waals surface area contributed by atoms with E-state index in [9.17, 15) is 22.4 Å². The lowest BCUT2D eigenvalue weighted by molar-refractivity contribution is -0.141. The van der Waals surface area contributed by atoms with Crippen molar-refractivity contribution in [3.05, 3.63) is 82.9 Å². The molecule has 0 unspecified atom stereocenters. The second kappa shape index (κ2) is 10.3. The Morgan fingerprint density at radius 2 is 1.78 bits per heavy atom. The zero-order valence-electron chi connectivity index (χ0n) is 19.1. The number of halogens is 1. The van der Waals surface area contributed by atoms with E-state index in [1.165, 1.54) is 79.5 Å². The number of sulfonamides is 1. The number of methoxy groups -OCH3 is 2. The summed E-state index contributed by atoms with van der Waals surface area (Å²) in [6.07, 6.45) is 0. The van der Waals surface area contributed by atoms with Crippen LogP contribution in [0.4, 0.5) is 10.1 Å². The lowest BCUT2D eigenvalue weighted by Gasteiger charge is -2.09. The number of para-hydroxylation sites is 1. The summed E-state index contributed by atoms with van der Waals surface area (Å²) in [6.45, 7) is -0.342. The summed E-state index contributed by atoms with van der Waals surface area (Å²) in [5.41, 5.74) is 0.365. The van der Waals surface area contributed by atoms with Crippen molar-refractivity contribution >= 4 is 49.1 Å². The molecule has 0 radical (unpaired) electrons. The Balaban J connectivity index is 1.67. The number of hydrogen-bond acceptors (Lipinski definition) is 7. The summed E-state index contributed by atoms with van der Waals surface area (Å²) >= 11 is 1.03. The molecule has 0 aliphatic rings. The quantitative estimate of drug-likeness (QED) is 0.366. The number of aromatic nitrogens is 1. The second-order valence-corrected chi connectivity index (χ2v) is 10.1. The van der Waals surface area contributed by atoms with Crippen LogP contribution in [-0.2, 0) is 26.1 Å². The van der Waals surface area contributed by atoms with Crippen LogP contribution in [0.25, 0.3) is 10.2 Å². The Bertz CT molecular complexity index is 1630. The van der Waals surface area contributed by atoms with Crippen molar-refractivity contribution in [2.45, 2.75) is 11.4 Å². The molecule has 1 aromatic heterocycles. The summed E-state index contributed by atoms with van der Waals surface area (Å²) in [5.74, 6) is -1.40. The average molecular weight is 530 g/mol. The third-order valence-electron chi connectivity index (χ3n) is 5.10. The molecule has 0 spiro atoms. The van der Waals surface area contributed by atoms with Crippen LogP contribution < -0.4 is 14.3 Å². The third-order valence-corrected chi connectivity index (χ3v) is 7.54. The molecule has 0 atom stereocenters. The number of thiazole rings is 1. The van der Waals surface area contributed by atoms with Crippen molar-refractivity contribution in [2.75, 3.05) is 18.9 Å².